The Morgan fingerprint density at radius 2 is 2.08 bits per heavy atom. The fourth-order valence-corrected chi connectivity index (χ4v) is 2.68. The molecule has 10 heteroatoms. The van der Waals surface area contributed by atoms with Gasteiger partial charge in [-0.15, -0.1) is 10.2 Å². The Morgan fingerprint density at radius 3 is 2.84 bits per heavy atom. The fourth-order valence-electron chi connectivity index (χ4n) is 2.68. The molecule has 10 nitrogen and oxygen atoms in total. The summed E-state index contributed by atoms with van der Waals surface area (Å²) in [5.41, 5.74) is 0. The Bertz CT molecular complexity index is 647. The van der Waals surface area contributed by atoms with Gasteiger partial charge in [0.25, 0.3) is 0 Å². The molecule has 0 saturated carbocycles. The SMILES string of the molecule is CC(C)NC(O)n1ccc(-n2cnc(NCCN3CCNCC3)n2)n1. The number of piperazine rings is 1. The minimum absolute atomic E-state index is 0.153. The van der Waals surface area contributed by atoms with Crippen LogP contribution in [0.15, 0.2) is 18.6 Å². The van der Waals surface area contributed by atoms with Crippen LogP contribution in [-0.4, -0.2) is 79.9 Å². The molecule has 2 aromatic rings. The molecule has 0 amide bonds. The number of hydrogen-bond donors (Lipinski definition) is 4. The molecule has 0 radical (unpaired) electrons. The number of aliphatic hydroxyl groups excluding tert-OH is 1. The minimum Gasteiger partial charge on any atom is -0.360 e. The number of anilines is 1. The highest BCUT2D eigenvalue weighted by Crippen LogP contribution is 2.07. The van der Waals surface area contributed by atoms with Crippen LogP contribution in [0.2, 0.25) is 0 Å². The predicted molar refractivity (Wildman–Crippen MR) is 94.5 cm³/mol. The van der Waals surface area contributed by atoms with E-state index in [1.807, 2.05) is 13.8 Å². The molecule has 25 heavy (non-hydrogen) atoms. The Kier molecular flexibility index (Phi) is 5.97. The van der Waals surface area contributed by atoms with Crippen LogP contribution < -0.4 is 16.0 Å². The van der Waals surface area contributed by atoms with Crippen LogP contribution in [0.4, 0.5) is 5.95 Å². The Morgan fingerprint density at radius 1 is 1.28 bits per heavy atom. The van der Waals surface area contributed by atoms with Gasteiger partial charge in [0.1, 0.15) is 6.33 Å². The van der Waals surface area contributed by atoms with Crippen LogP contribution in [0.1, 0.15) is 20.2 Å². The lowest BCUT2D eigenvalue weighted by atomic mass is 10.3. The first-order valence-corrected chi connectivity index (χ1v) is 8.70. The summed E-state index contributed by atoms with van der Waals surface area (Å²) in [6, 6.07) is 1.94. The summed E-state index contributed by atoms with van der Waals surface area (Å²) < 4.78 is 3.04. The van der Waals surface area contributed by atoms with Crippen LogP contribution in [-0.2, 0) is 0 Å². The molecule has 0 bridgehead atoms. The molecule has 1 aliphatic heterocycles. The van der Waals surface area contributed by atoms with Gasteiger partial charge in [0.2, 0.25) is 12.3 Å². The van der Waals surface area contributed by atoms with Gasteiger partial charge in [-0.1, -0.05) is 0 Å². The summed E-state index contributed by atoms with van der Waals surface area (Å²) in [7, 11) is 0. The summed E-state index contributed by atoms with van der Waals surface area (Å²) in [6.07, 6.45) is 2.45. The zero-order valence-corrected chi connectivity index (χ0v) is 14.8. The number of rotatable bonds is 8. The number of nitrogens with zero attached hydrogens (tertiary/aromatic N) is 6. The van der Waals surface area contributed by atoms with Gasteiger partial charge in [-0.2, -0.15) is 4.68 Å². The van der Waals surface area contributed by atoms with Gasteiger partial charge in [0.15, 0.2) is 5.82 Å². The molecule has 1 atom stereocenters. The van der Waals surface area contributed by atoms with E-state index in [0.29, 0.717) is 11.8 Å². The molecule has 1 unspecified atom stereocenters. The average molecular weight is 349 g/mol. The lowest BCUT2D eigenvalue weighted by molar-refractivity contribution is 0.0471. The Hall–Kier alpha value is -2.01. The quantitative estimate of drug-likeness (QED) is 0.460. The third kappa shape index (κ3) is 4.98. The molecule has 0 aromatic carbocycles. The molecular formula is C15H27N9O. The molecular weight excluding hydrogens is 322 g/mol. The maximum atomic E-state index is 10.0. The van der Waals surface area contributed by atoms with Crippen molar-refractivity contribution >= 4 is 5.95 Å². The fraction of sp³-hybridized carbons (Fsp3) is 0.667. The highest BCUT2D eigenvalue weighted by atomic mass is 16.3. The third-order valence-electron chi connectivity index (χ3n) is 3.97. The lowest BCUT2D eigenvalue weighted by Crippen LogP contribution is -2.45. The van der Waals surface area contributed by atoms with Crippen molar-refractivity contribution in [1.29, 1.82) is 0 Å². The third-order valence-corrected chi connectivity index (χ3v) is 3.97. The number of aliphatic hydroxyl groups is 1. The van der Waals surface area contributed by atoms with E-state index in [0.717, 1.165) is 39.3 Å². The number of aromatic nitrogens is 5. The highest BCUT2D eigenvalue weighted by molar-refractivity contribution is 5.25. The van der Waals surface area contributed by atoms with Crippen molar-refractivity contribution in [3.8, 4) is 5.82 Å². The van der Waals surface area contributed by atoms with Crippen LogP contribution in [0.5, 0.6) is 0 Å². The maximum absolute atomic E-state index is 10.0. The van der Waals surface area contributed by atoms with Crippen molar-refractivity contribution < 1.29 is 5.11 Å². The van der Waals surface area contributed by atoms with E-state index in [4.69, 9.17) is 0 Å². The van der Waals surface area contributed by atoms with Gasteiger partial charge in [-0.3, -0.25) is 10.2 Å². The molecule has 138 valence electrons. The summed E-state index contributed by atoms with van der Waals surface area (Å²) >= 11 is 0. The van der Waals surface area contributed by atoms with E-state index >= 15 is 0 Å². The summed E-state index contributed by atoms with van der Waals surface area (Å²) in [4.78, 5) is 6.67. The first kappa shape index (κ1) is 17.8. The minimum atomic E-state index is -0.867. The van der Waals surface area contributed by atoms with Crippen molar-refractivity contribution in [1.82, 2.24) is 40.1 Å². The van der Waals surface area contributed by atoms with E-state index in [-0.39, 0.29) is 6.04 Å². The predicted octanol–water partition coefficient (Wildman–Crippen LogP) is -0.773. The molecule has 2 aromatic heterocycles. The molecule has 1 saturated heterocycles. The van der Waals surface area contributed by atoms with E-state index in [9.17, 15) is 5.11 Å². The molecule has 0 spiro atoms. The van der Waals surface area contributed by atoms with Crippen molar-refractivity contribution in [3.63, 3.8) is 0 Å². The van der Waals surface area contributed by atoms with Gasteiger partial charge in [0.05, 0.1) is 0 Å². The van der Waals surface area contributed by atoms with Crippen LogP contribution >= 0.6 is 0 Å². The zero-order chi connectivity index (χ0) is 17.6. The van der Waals surface area contributed by atoms with E-state index in [1.54, 1.807) is 23.3 Å². The van der Waals surface area contributed by atoms with Gasteiger partial charge in [-0.05, 0) is 13.8 Å². The maximum Gasteiger partial charge on any atom is 0.242 e. The number of nitrogens with one attached hydrogen (secondary N) is 3. The van der Waals surface area contributed by atoms with Crippen molar-refractivity contribution in [2.24, 2.45) is 0 Å². The van der Waals surface area contributed by atoms with Crippen molar-refractivity contribution in [2.45, 2.75) is 26.2 Å². The Balaban J connectivity index is 1.51. The molecule has 3 heterocycles. The van der Waals surface area contributed by atoms with E-state index in [1.165, 1.54) is 4.68 Å². The summed E-state index contributed by atoms with van der Waals surface area (Å²) in [5, 5.41) is 28.3. The zero-order valence-electron chi connectivity index (χ0n) is 14.8. The molecule has 1 fully saturated rings. The van der Waals surface area contributed by atoms with Crippen LogP contribution in [0, 0.1) is 0 Å². The van der Waals surface area contributed by atoms with E-state index in [2.05, 4.69) is 36.0 Å². The lowest BCUT2D eigenvalue weighted by Gasteiger charge is -2.26. The smallest absolute Gasteiger partial charge is 0.242 e. The standard InChI is InChI=1S/C15H27N9O/c1-12(2)19-15(25)23-7-3-13(20-23)24-11-18-14(21-24)17-6-10-22-8-4-16-5-9-22/h3,7,11-12,15-16,19,25H,4-6,8-10H2,1-2H3,(H,17,21). The number of hydrogen-bond acceptors (Lipinski definition) is 8. The summed E-state index contributed by atoms with van der Waals surface area (Å²) in [5.74, 6) is 1.18. The largest absolute Gasteiger partial charge is 0.360 e. The molecule has 4 N–H and O–H groups in total. The van der Waals surface area contributed by atoms with Crippen LogP contribution in [0.25, 0.3) is 5.82 Å². The molecule has 0 aliphatic carbocycles. The molecule has 3 rings (SSSR count). The molecule has 1 aliphatic rings. The van der Waals surface area contributed by atoms with Gasteiger partial charge < -0.3 is 15.7 Å². The van der Waals surface area contributed by atoms with Crippen LogP contribution in [0.3, 0.4) is 0 Å². The van der Waals surface area contributed by atoms with E-state index < -0.39 is 6.35 Å². The van der Waals surface area contributed by atoms with Crippen molar-refractivity contribution in [3.05, 3.63) is 18.6 Å². The van der Waals surface area contributed by atoms with Gasteiger partial charge in [-0.25, -0.2) is 9.67 Å². The first-order valence-electron chi connectivity index (χ1n) is 8.70. The second kappa shape index (κ2) is 8.39. The van der Waals surface area contributed by atoms with Gasteiger partial charge >= 0.3 is 0 Å². The monoisotopic (exact) mass is 349 g/mol. The Labute approximate surface area is 147 Å². The van der Waals surface area contributed by atoms with Gasteiger partial charge in [0, 0.05) is 57.6 Å². The first-order chi connectivity index (χ1) is 12.1. The summed E-state index contributed by atoms with van der Waals surface area (Å²) in [6.45, 7) is 9.95. The highest BCUT2D eigenvalue weighted by Gasteiger charge is 2.12. The second-order valence-corrected chi connectivity index (χ2v) is 6.38. The topological polar surface area (TPSA) is 108 Å². The average Bonchev–Trinajstić information content (AvgIpc) is 3.24. The second-order valence-electron chi connectivity index (χ2n) is 6.38. The van der Waals surface area contributed by atoms with Crippen molar-refractivity contribution in [2.75, 3.05) is 44.6 Å². The normalized spacial score (nSPS) is 17.1.